The van der Waals surface area contributed by atoms with Crippen molar-refractivity contribution in [1.82, 2.24) is 10.3 Å². The van der Waals surface area contributed by atoms with Crippen molar-refractivity contribution in [3.8, 4) is 0 Å². The quantitative estimate of drug-likeness (QED) is 0.787. The van der Waals surface area contributed by atoms with Gasteiger partial charge >= 0.3 is 0 Å². The van der Waals surface area contributed by atoms with Gasteiger partial charge in [0.1, 0.15) is 0 Å². The molecule has 0 atom stereocenters. The third-order valence-corrected chi connectivity index (χ3v) is 4.85. The molecule has 0 radical (unpaired) electrons. The number of carbonyl (C=O) groups is 1. The van der Waals surface area contributed by atoms with Gasteiger partial charge in [0, 0.05) is 24.0 Å². The molecule has 0 spiro atoms. The van der Waals surface area contributed by atoms with E-state index in [1.165, 1.54) is 0 Å². The first-order valence-corrected chi connectivity index (χ1v) is 8.66. The summed E-state index contributed by atoms with van der Waals surface area (Å²) in [6, 6.07) is 9.44. The monoisotopic (exact) mass is 328 g/mol. The van der Waals surface area contributed by atoms with Gasteiger partial charge in [0.05, 0.1) is 5.60 Å². The molecule has 1 aromatic heterocycles. The van der Waals surface area contributed by atoms with Crippen molar-refractivity contribution in [3.63, 3.8) is 0 Å². The van der Waals surface area contributed by atoms with Crippen LogP contribution in [0.3, 0.4) is 0 Å². The zero-order chi connectivity index (χ0) is 17.0. The number of fused-ring (bicyclic) bond motifs is 1. The number of para-hydroxylation sites is 1. The standard InChI is InChI=1S/C19H24N2O3/c22-17(20-13-19(24)10-4-1-5-11-19)9-8-15-12-14-6-2-3-7-16(14)21-18(15)23/h2-3,6-7,12,24H,1,4-5,8-11,13H2,(H,20,22)(H,21,23). The highest BCUT2D eigenvalue weighted by atomic mass is 16.3. The normalized spacial score (nSPS) is 16.9. The van der Waals surface area contributed by atoms with Crippen LogP contribution >= 0.6 is 0 Å². The lowest BCUT2D eigenvalue weighted by Crippen LogP contribution is -2.44. The molecular weight excluding hydrogens is 304 g/mol. The molecule has 0 unspecified atom stereocenters. The zero-order valence-electron chi connectivity index (χ0n) is 13.8. The first-order valence-electron chi connectivity index (χ1n) is 8.66. The number of H-pyrrole nitrogens is 1. The van der Waals surface area contributed by atoms with Gasteiger partial charge in [0.2, 0.25) is 5.91 Å². The largest absolute Gasteiger partial charge is 0.388 e. The maximum absolute atomic E-state index is 12.1. The number of aryl methyl sites for hydroxylation is 1. The predicted molar refractivity (Wildman–Crippen MR) is 93.9 cm³/mol. The van der Waals surface area contributed by atoms with Crippen molar-refractivity contribution < 1.29 is 9.90 Å². The molecule has 5 nitrogen and oxygen atoms in total. The first kappa shape index (κ1) is 16.7. The van der Waals surface area contributed by atoms with Gasteiger partial charge in [-0.1, -0.05) is 37.5 Å². The molecule has 5 heteroatoms. The Morgan fingerprint density at radius 3 is 2.75 bits per heavy atom. The summed E-state index contributed by atoms with van der Waals surface area (Å²) in [6.45, 7) is 0.305. The maximum atomic E-state index is 12.1. The van der Waals surface area contributed by atoms with Crippen LogP contribution in [0.5, 0.6) is 0 Å². The number of aliphatic hydroxyl groups is 1. The van der Waals surface area contributed by atoms with Gasteiger partial charge in [0.15, 0.2) is 0 Å². The van der Waals surface area contributed by atoms with E-state index in [1.54, 1.807) is 0 Å². The van der Waals surface area contributed by atoms with Crippen LogP contribution in [-0.4, -0.2) is 28.1 Å². The summed E-state index contributed by atoms with van der Waals surface area (Å²) in [6.07, 6.45) is 5.32. The second-order valence-corrected chi connectivity index (χ2v) is 6.77. The lowest BCUT2D eigenvalue weighted by Gasteiger charge is -2.32. The highest BCUT2D eigenvalue weighted by Gasteiger charge is 2.29. The Morgan fingerprint density at radius 1 is 1.21 bits per heavy atom. The average molecular weight is 328 g/mol. The number of carbonyl (C=O) groups excluding carboxylic acids is 1. The molecule has 3 N–H and O–H groups in total. The summed E-state index contributed by atoms with van der Waals surface area (Å²) < 4.78 is 0. The highest BCUT2D eigenvalue weighted by molar-refractivity contribution is 5.79. The molecule has 1 aliphatic rings. The van der Waals surface area contributed by atoms with E-state index in [1.807, 2.05) is 30.3 Å². The summed E-state index contributed by atoms with van der Waals surface area (Å²) in [7, 11) is 0. The molecule has 1 saturated carbocycles. The van der Waals surface area contributed by atoms with Gasteiger partial charge in [-0.05, 0) is 36.8 Å². The van der Waals surface area contributed by atoms with Crippen molar-refractivity contribution in [2.45, 2.75) is 50.5 Å². The van der Waals surface area contributed by atoms with Gasteiger partial charge < -0.3 is 15.4 Å². The van der Waals surface area contributed by atoms with Gasteiger partial charge in [0.25, 0.3) is 5.56 Å². The Kier molecular flexibility index (Phi) is 5.00. The molecule has 0 aliphatic heterocycles. The Labute approximate surface area is 141 Å². The number of hydrogen-bond donors (Lipinski definition) is 3. The first-order chi connectivity index (χ1) is 11.6. The Balaban J connectivity index is 1.56. The number of rotatable bonds is 5. The molecule has 1 heterocycles. The average Bonchev–Trinajstić information content (AvgIpc) is 2.59. The molecular formula is C19H24N2O3. The molecule has 1 fully saturated rings. The fraction of sp³-hybridized carbons (Fsp3) is 0.474. The van der Waals surface area contributed by atoms with Crippen LogP contribution in [0.4, 0.5) is 0 Å². The molecule has 128 valence electrons. The molecule has 1 aliphatic carbocycles. The second-order valence-electron chi connectivity index (χ2n) is 6.77. The fourth-order valence-corrected chi connectivity index (χ4v) is 3.36. The molecule has 1 aromatic carbocycles. The SMILES string of the molecule is O=C(CCc1cc2ccccc2[nH]c1=O)NCC1(O)CCCCC1. The minimum absolute atomic E-state index is 0.124. The Morgan fingerprint density at radius 2 is 1.96 bits per heavy atom. The molecule has 1 amide bonds. The van der Waals surface area contributed by atoms with E-state index >= 15 is 0 Å². The van der Waals surface area contributed by atoms with E-state index in [2.05, 4.69) is 10.3 Å². The fourth-order valence-electron chi connectivity index (χ4n) is 3.36. The van der Waals surface area contributed by atoms with Crippen LogP contribution in [0.15, 0.2) is 35.1 Å². The Hall–Kier alpha value is -2.14. The lowest BCUT2D eigenvalue weighted by atomic mass is 9.85. The van der Waals surface area contributed by atoms with Crippen LogP contribution in [0, 0.1) is 0 Å². The number of pyridine rings is 1. The summed E-state index contributed by atoms with van der Waals surface area (Å²) in [5.41, 5.74) is 0.511. The van der Waals surface area contributed by atoms with Crippen LogP contribution in [0.2, 0.25) is 0 Å². The van der Waals surface area contributed by atoms with Crippen molar-refractivity contribution in [2.24, 2.45) is 0 Å². The van der Waals surface area contributed by atoms with Crippen molar-refractivity contribution in [3.05, 3.63) is 46.2 Å². The summed E-state index contributed by atoms with van der Waals surface area (Å²) >= 11 is 0. The number of aromatic nitrogens is 1. The van der Waals surface area contributed by atoms with E-state index in [0.29, 0.717) is 18.5 Å². The van der Waals surface area contributed by atoms with E-state index in [9.17, 15) is 14.7 Å². The van der Waals surface area contributed by atoms with Crippen LogP contribution in [-0.2, 0) is 11.2 Å². The van der Waals surface area contributed by atoms with Crippen LogP contribution in [0.25, 0.3) is 10.9 Å². The highest BCUT2D eigenvalue weighted by Crippen LogP contribution is 2.27. The maximum Gasteiger partial charge on any atom is 0.251 e. The number of hydrogen-bond acceptors (Lipinski definition) is 3. The molecule has 2 aromatic rings. The predicted octanol–water partition coefficient (Wildman–Crippen LogP) is 2.27. The number of benzene rings is 1. The Bertz CT molecular complexity index is 776. The van der Waals surface area contributed by atoms with E-state index < -0.39 is 5.60 Å². The zero-order valence-corrected chi connectivity index (χ0v) is 13.8. The van der Waals surface area contributed by atoms with Gasteiger partial charge in [-0.25, -0.2) is 0 Å². The van der Waals surface area contributed by atoms with Gasteiger partial charge in [-0.3, -0.25) is 9.59 Å². The van der Waals surface area contributed by atoms with Crippen LogP contribution < -0.4 is 10.9 Å². The number of aromatic amines is 1. The molecule has 3 rings (SSSR count). The van der Waals surface area contributed by atoms with E-state index in [4.69, 9.17) is 0 Å². The van der Waals surface area contributed by atoms with Gasteiger partial charge in [-0.2, -0.15) is 0 Å². The van der Waals surface area contributed by atoms with Crippen molar-refractivity contribution >= 4 is 16.8 Å². The minimum Gasteiger partial charge on any atom is -0.388 e. The van der Waals surface area contributed by atoms with E-state index in [-0.39, 0.29) is 17.9 Å². The summed E-state index contributed by atoms with van der Waals surface area (Å²) in [5, 5.41) is 14.2. The third-order valence-electron chi connectivity index (χ3n) is 4.85. The smallest absolute Gasteiger partial charge is 0.251 e. The van der Waals surface area contributed by atoms with Crippen molar-refractivity contribution in [2.75, 3.05) is 6.54 Å². The summed E-state index contributed by atoms with van der Waals surface area (Å²) in [5.74, 6) is -0.124. The van der Waals surface area contributed by atoms with Crippen LogP contribution in [0.1, 0.15) is 44.1 Å². The molecule has 24 heavy (non-hydrogen) atoms. The minimum atomic E-state index is -0.756. The van der Waals surface area contributed by atoms with Gasteiger partial charge in [-0.15, -0.1) is 0 Å². The van der Waals surface area contributed by atoms with E-state index in [0.717, 1.165) is 43.0 Å². The summed E-state index contributed by atoms with van der Waals surface area (Å²) in [4.78, 5) is 27.0. The lowest BCUT2D eigenvalue weighted by molar-refractivity contribution is -0.122. The number of amides is 1. The number of nitrogens with one attached hydrogen (secondary N) is 2. The third kappa shape index (κ3) is 4.03. The topological polar surface area (TPSA) is 82.2 Å². The second kappa shape index (κ2) is 7.18. The molecule has 0 saturated heterocycles. The van der Waals surface area contributed by atoms with Crippen molar-refractivity contribution in [1.29, 1.82) is 0 Å². The molecule has 0 bridgehead atoms.